The zero-order chi connectivity index (χ0) is 41.2. The van der Waals surface area contributed by atoms with Gasteiger partial charge >= 0.3 is 0 Å². The first-order valence-corrected chi connectivity index (χ1v) is 22.5. The Morgan fingerprint density at radius 2 is 0.810 bits per heavy atom. The van der Waals surface area contributed by atoms with Gasteiger partial charge in [0.05, 0.1) is 16.6 Å². The highest BCUT2D eigenvalue weighted by molar-refractivity contribution is 7.26. The quantitative estimate of drug-likeness (QED) is 0.157. The van der Waals surface area contributed by atoms with Crippen LogP contribution in [0.1, 0.15) is 0 Å². The van der Waals surface area contributed by atoms with E-state index in [1.54, 1.807) is 0 Å². The summed E-state index contributed by atoms with van der Waals surface area (Å²) in [7, 11) is 0. The highest BCUT2D eigenvalue weighted by Gasteiger charge is 2.21. The third-order valence-corrected chi connectivity index (χ3v) is 14.7. The zero-order valence-corrected chi connectivity index (χ0v) is 34.9. The van der Waals surface area contributed by atoms with Gasteiger partial charge in [-0.15, -0.1) is 11.3 Å². The maximum absolute atomic E-state index is 2.46. The average Bonchev–Trinajstić information content (AvgIpc) is 4.02. The smallest absolute Gasteiger partial charge is 0.0620 e. The van der Waals surface area contributed by atoms with Gasteiger partial charge in [0.15, 0.2) is 0 Å². The second kappa shape index (κ2) is 13.3. The van der Waals surface area contributed by atoms with Crippen LogP contribution in [0.5, 0.6) is 0 Å². The lowest BCUT2D eigenvalue weighted by molar-refractivity contribution is 1.29. The Hall–Kier alpha value is -7.98. The Balaban J connectivity index is 0.943. The van der Waals surface area contributed by atoms with Crippen molar-refractivity contribution < 1.29 is 0 Å². The highest BCUT2D eigenvalue weighted by Crippen LogP contribution is 2.46. The van der Waals surface area contributed by atoms with Crippen LogP contribution in [0.3, 0.4) is 0 Å². The molecule has 0 fully saturated rings. The fourth-order valence-corrected chi connectivity index (χ4v) is 12.0. The third kappa shape index (κ3) is 5.00. The van der Waals surface area contributed by atoms with Crippen molar-refractivity contribution in [3.63, 3.8) is 0 Å². The van der Waals surface area contributed by atoms with Crippen molar-refractivity contribution in [2.24, 2.45) is 0 Å². The van der Waals surface area contributed by atoms with Gasteiger partial charge in [-0.2, -0.15) is 0 Å². The molecular formula is C60H36N2S. The molecular weight excluding hydrogens is 781 g/mol. The summed E-state index contributed by atoms with van der Waals surface area (Å²) in [5, 5.41) is 15.5. The van der Waals surface area contributed by atoms with Crippen molar-refractivity contribution in [3.8, 4) is 22.3 Å². The van der Waals surface area contributed by atoms with Crippen molar-refractivity contribution in [1.29, 1.82) is 0 Å². The summed E-state index contributed by atoms with van der Waals surface area (Å²) in [6.45, 7) is 0. The fraction of sp³-hybridized carbons (Fsp3) is 0. The zero-order valence-electron chi connectivity index (χ0n) is 34.1. The fourth-order valence-electron chi connectivity index (χ4n) is 10.8. The van der Waals surface area contributed by atoms with Crippen LogP contribution < -0.4 is 4.90 Å². The van der Waals surface area contributed by atoms with Crippen LogP contribution in [0.25, 0.3) is 113 Å². The van der Waals surface area contributed by atoms with Gasteiger partial charge in [-0.1, -0.05) is 164 Å². The number of rotatable bonds is 5. The summed E-state index contributed by atoms with van der Waals surface area (Å²) in [4.78, 5) is 2.42. The minimum absolute atomic E-state index is 1.11. The maximum atomic E-state index is 2.46. The predicted octanol–water partition coefficient (Wildman–Crippen LogP) is 17.5. The molecule has 0 spiro atoms. The lowest BCUT2D eigenvalue weighted by Crippen LogP contribution is -2.10. The standard InChI is InChI=1S/C60H36N2S/c1-2-14-46-44(12-1)45-13-3-4-15-47(45)54-36-41(34-35-48(46)54)61(40-32-28-38(29-33-40)43-19-9-21-52-50-17-6-8-25-57(50)63-60(43)52)39-30-26-37(27-31-39)42-18-11-24-56-58(42)53-22-10-20-51-49-16-5-7-23-55(49)62(56)59(51)53/h1-36H. The molecule has 0 amide bonds. The minimum Gasteiger partial charge on any atom is -0.310 e. The predicted molar refractivity (Wildman–Crippen MR) is 272 cm³/mol. The van der Waals surface area contributed by atoms with Crippen LogP contribution >= 0.6 is 11.3 Å². The molecule has 0 aliphatic heterocycles. The molecule has 292 valence electrons. The molecule has 0 unspecified atom stereocenters. The molecule has 0 bridgehead atoms. The number of anilines is 3. The molecule has 2 nitrogen and oxygen atoms in total. The molecule has 0 aliphatic carbocycles. The molecule has 3 heterocycles. The second-order valence-electron chi connectivity index (χ2n) is 16.8. The summed E-state index contributed by atoms with van der Waals surface area (Å²) >= 11 is 1.88. The van der Waals surface area contributed by atoms with Crippen molar-refractivity contribution in [2.45, 2.75) is 0 Å². The summed E-state index contributed by atoms with van der Waals surface area (Å²) in [5.41, 5.74) is 12.1. The number of hydrogen-bond donors (Lipinski definition) is 0. The molecule has 0 saturated carbocycles. The molecule has 14 rings (SSSR count). The van der Waals surface area contributed by atoms with E-state index in [-0.39, 0.29) is 0 Å². The van der Waals surface area contributed by atoms with Crippen LogP contribution in [0.2, 0.25) is 0 Å². The molecule has 3 heteroatoms. The van der Waals surface area contributed by atoms with E-state index in [4.69, 9.17) is 0 Å². The van der Waals surface area contributed by atoms with Crippen molar-refractivity contribution >= 4 is 119 Å². The molecule has 0 radical (unpaired) electrons. The van der Waals surface area contributed by atoms with E-state index in [1.807, 2.05) is 11.3 Å². The number of thiophene rings is 1. The van der Waals surface area contributed by atoms with Crippen LogP contribution in [-0.4, -0.2) is 4.40 Å². The topological polar surface area (TPSA) is 7.65 Å². The molecule has 3 aromatic heterocycles. The first kappa shape index (κ1) is 34.7. The normalized spacial score (nSPS) is 12.1. The number of fused-ring (bicyclic) bond motifs is 15. The van der Waals surface area contributed by atoms with Gasteiger partial charge in [0.2, 0.25) is 0 Å². The lowest BCUT2D eigenvalue weighted by Gasteiger charge is -2.27. The van der Waals surface area contributed by atoms with Crippen LogP contribution in [0.15, 0.2) is 218 Å². The molecule has 0 atom stereocenters. The monoisotopic (exact) mass is 816 g/mol. The van der Waals surface area contributed by atoms with Crippen LogP contribution in [0.4, 0.5) is 17.1 Å². The van der Waals surface area contributed by atoms with Gasteiger partial charge in [-0.05, 0) is 109 Å². The van der Waals surface area contributed by atoms with Gasteiger partial charge in [-0.3, -0.25) is 0 Å². The Kier molecular flexibility index (Phi) is 7.30. The van der Waals surface area contributed by atoms with E-state index < -0.39 is 0 Å². The Bertz CT molecular complexity index is 4100. The van der Waals surface area contributed by atoms with Crippen molar-refractivity contribution in [2.75, 3.05) is 4.90 Å². The highest BCUT2D eigenvalue weighted by atomic mass is 32.1. The van der Waals surface area contributed by atoms with E-state index in [9.17, 15) is 0 Å². The largest absolute Gasteiger partial charge is 0.310 e. The van der Waals surface area contributed by atoms with Gasteiger partial charge in [0.1, 0.15) is 0 Å². The number of para-hydroxylation sites is 2. The Morgan fingerprint density at radius 3 is 1.54 bits per heavy atom. The number of aromatic nitrogens is 1. The first-order valence-electron chi connectivity index (χ1n) is 21.7. The van der Waals surface area contributed by atoms with Gasteiger partial charge in [0, 0.05) is 58.8 Å². The molecule has 0 N–H and O–H groups in total. The molecule has 11 aromatic carbocycles. The van der Waals surface area contributed by atoms with E-state index in [1.165, 1.54) is 113 Å². The second-order valence-corrected chi connectivity index (χ2v) is 17.8. The number of benzene rings is 11. The molecule has 63 heavy (non-hydrogen) atoms. The summed E-state index contributed by atoms with van der Waals surface area (Å²) in [6.07, 6.45) is 0. The average molecular weight is 817 g/mol. The van der Waals surface area contributed by atoms with Crippen LogP contribution in [-0.2, 0) is 0 Å². The SMILES string of the molecule is c1ccc2c(c1)sc1c(-c3ccc(N(c4ccc(-c5cccc6c5c5cccc7c8ccccc8n6c75)cc4)c4ccc5c6ccccc6c6ccccc6c5c4)cc3)cccc12. The maximum Gasteiger partial charge on any atom is 0.0620 e. The van der Waals surface area contributed by atoms with Crippen molar-refractivity contribution in [1.82, 2.24) is 4.40 Å². The third-order valence-electron chi connectivity index (χ3n) is 13.5. The van der Waals surface area contributed by atoms with Crippen LogP contribution in [0, 0.1) is 0 Å². The van der Waals surface area contributed by atoms with E-state index in [0.717, 1.165) is 17.1 Å². The molecule has 0 saturated heterocycles. The van der Waals surface area contributed by atoms with E-state index in [2.05, 4.69) is 228 Å². The first-order chi connectivity index (χ1) is 31.3. The summed E-state index contributed by atoms with van der Waals surface area (Å²) in [6, 6.07) is 80.9. The number of nitrogens with zero attached hydrogens (tertiary/aromatic N) is 2. The van der Waals surface area contributed by atoms with E-state index in [0.29, 0.717) is 0 Å². The van der Waals surface area contributed by atoms with Gasteiger partial charge in [0.25, 0.3) is 0 Å². The van der Waals surface area contributed by atoms with Gasteiger partial charge in [-0.25, -0.2) is 0 Å². The molecule has 14 aromatic rings. The Labute approximate surface area is 367 Å². The van der Waals surface area contributed by atoms with Crippen molar-refractivity contribution in [3.05, 3.63) is 218 Å². The lowest BCUT2D eigenvalue weighted by atomic mass is 9.94. The minimum atomic E-state index is 1.11. The Morgan fingerprint density at radius 1 is 0.317 bits per heavy atom. The number of hydrogen-bond acceptors (Lipinski definition) is 2. The summed E-state index contributed by atoms with van der Waals surface area (Å²) in [5.74, 6) is 0. The molecule has 0 aliphatic rings. The van der Waals surface area contributed by atoms with E-state index >= 15 is 0 Å². The summed E-state index contributed by atoms with van der Waals surface area (Å²) < 4.78 is 5.12. The van der Waals surface area contributed by atoms with Gasteiger partial charge < -0.3 is 9.30 Å².